The van der Waals surface area contributed by atoms with Gasteiger partial charge in [0.1, 0.15) is 5.56 Å². The lowest BCUT2D eigenvalue weighted by atomic mass is 10.0. The van der Waals surface area contributed by atoms with Gasteiger partial charge in [-0.3, -0.25) is 19.5 Å². The van der Waals surface area contributed by atoms with Gasteiger partial charge >= 0.3 is 0 Å². The first-order valence-electron chi connectivity index (χ1n) is 13.0. The van der Waals surface area contributed by atoms with Gasteiger partial charge in [-0.1, -0.05) is 97.9 Å². The summed E-state index contributed by atoms with van der Waals surface area (Å²) in [5.41, 5.74) is 3.94. The van der Waals surface area contributed by atoms with E-state index in [4.69, 9.17) is 0 Å². The summed E-state index contributed by atoms with van der Waals surface area (Å²) in [6.45, 7) is 2.15. The van der Waals surface area contributed by atoms with Gasteiger partial charge in [-0.25, -0.2) is 4.68 Å². The van der Waals surface area contributed by atoms with E-state index < -0.39 is 11.3 Å². The number of benzene rings is 4. The summed E-state index contributed by atoms with van der Waals surface area (Å²) in [5.74, 6) is -0.655. The number of para-hydroxylation sites is 1. The van der Waals surface area contributed by atoms with Crippen LogP contribution in [0.15, 0.2) is 120 Å². The zero-order valence-electron chi connectivity index (χ0n) is 21.7. The number of carbonyl (C=O) groups excluding carboxylic acids is 2. The number of amides is 1. The standard InChI is InChI=1S/C33H29N3O3/c1-2-22-35(32(38)27-20-18-25(19-21-27)24-12-6-3-7-13-24)23-29(37)30-31(26-14-8-4-9-15-26)34-36(33(30)39)28-16-10-5-11-17-28/h3-21,34H,2,22-23H2,1H3. The highest BCUT2D eigenvalue weighted by Gasteiger charge is 2.26. The van der Waals surface area contributed by atoms with Gasteiger partial charge in [0.05, 0.1) is 17.9 Å². The molecule has 1 heterocycles. The topological polar surface area (TPSA) is 75.2 Å². The molecule has 6 heteroatoms. The quantitative estimate of drug-likeness (QED) is 0.236. The number of hydrogen-bond donors (Lipinski definition) is 1. The van der Waals surface area contributed by atoms with Crippen molar-refractivity contribution in [1.29, 1.82) is 0 Å². The number of H-pyrrole nitrogens is 1. The molecule has 194 valence electrons. The first kappa shape index (κ1) is 25.7. The Labute approximate surface area is 227 Å². The second kappa shape index (κ2) is 11.6. The summed E-state index contributed by atoms with van der Waals surface area (Å²) in [6, 6.07) is 35.7. The van der Waals surface area contributed by atoms with E-state index in [1.54, 1.807) is 24.3 Å². The Morgan fingerprint density at radius 3 is 1.85 bits per heavy atom. The normalized spacial score (nSPS) is 10.8. The Hall–Kier alpha value is -4.97. The minimum Gasteiger partial charge on any atom is -0.331 e. The van der Waals surface area contributed by atoms with Crippen LogP contribution in [0.25, 0.3) is 28.1 Å². The molecule has 1 amide bonds. The molecule has 1 N–H and O–H groups in total. The molecular weight excluding hydrogens is 486 g/mol. The summed E-state index contributed by atoms with van der Waals surface area (Å²) in [4.78, 5) is 42.3. The molecule has 0 radical (unpaired) electrons. The second-order valence-corrected chi connectivity index (χ2v) is 9.30. The van der Waals surface area contributed by atoms with Crippen molar-refractivity contribution in [3.05, 3.63) is 137 Å². The minimum atomic E-state index is -0.443. The van der Waals surface area contributed by atoms with Crippen LogP contribution >= 0.6 is 0 Å². The number of Topliss-reactive ketones (excluding diaryl/α,β-unsaturated/α-hetero) is 1. The van der Waals surface area contributed by atoms with Gasteiger partial charge < -0.3 is 4.90 Å². The molecule has 0 saturated heterocycles. The van der Waals surface area contributed by atoms with Crippen molar-refractivity contribution in [1.82, 2.24) is 14.7 Å². The molecule has 0 atom stereocenters. The van der Waals surface area contributed by atoms with E-state index in [-0.39, 0.29) is 18.0 Å². The van der Waals surface area contributed by atoms with Crippen LogP contribution in [0.4, 0.5) is 0 Å². The van der Waals surface area contributed by atoms with Crippen molar-refractivity contribution in [2.75, 3.05) is 13.1 Å². The van der Waals surface area contributed by atoms with Crippen LogP contribution in [0.1, 0.15) is 34.1 Å². The number of aromatic amines is 1. The van der Waals surface area contributed by atoms with Crippen LogP contribution in [-0.2, 0) is 0 Å². The third-order valence-electron chi connectivity index (χ3n) is 6.60. The molecule has 5 aromatic rings. The van der Waals surface area contributed by atoms with E-state index in [0.717, 1.165) is 16.7 Å². The number of rotatable bonds is 9. The summed E-state index contributed by atoms with van der Waals surface area (Å²) in [5, 5.41) is 3.13. The third kappa shape index (κ3) is 5.50. The van der Waals surface area contributed by atoms with E-state index in [1.807, 2.05) is 97.9 Å². The summed E-state index contributed by atoms with van der Waals surface area (Å²) < 4.78 is 1.38. The Balaban J connectivity index is 1.46. The average Bonchev–Trinajstić information content (AvgIpc) is 3.35. The van der Waals surface area contributed by atoms with Crippen LogP contribution in [-0.4, -0.2) is 39.5 Å². The van der Waals surface area contributed by atoms with Gasteiger partial charge in [0, 0.05) is 17.7 Å². The molecule has 0 aliphatic carbocycles. The largest absolute Gasteiger partial charge is 0.331 e. The molecular formula is C33H29N3O3. The summed E-state index contributed by atoms with van der Waals surface area (Å²) >= 11 is 0. The lowest BCUT2D eigenvalue weighted by molar-refractivity contribution is 0.0709. The molecule has 0 spiro atoms. The van der Waals surface area contributed by atoms with Crippen LogP contribution < -0.4 is 5.56 Å². The van der Waals surface area contributed by atoms with Crippen LogP contribution in [0.3, 0.4) is 0 Å². The Morgan fingerprint density at radius 2 is 1.26 bits per heavy atom. The van der Waals surface area contributed by atoms with Crippen LogP contribution in [0.5, 0.6) is 0 Å². The van der Waals surface area contributed by atoms with Crippen molar-refractivity contribution in [2.24, 2.45) is 0 Å². The fraction of sp³-hybridized carbons (Fsp3) is 0.121. The molecule has 0 aliphatic rings. The Kier molecular flexibility index (Phi) is 7.64. The molecule has 0 unspecified atom stereocenters. The summed E-state index contributed by atoms with van der Waals surface area (Å²) in [7, 11) is 0. The first-order chi connectivity index (χ1) is 19.1. The molecule has 5 rings (SSSR count). The first-order valence-corrected chi connectivity index (χ1v) is 13.0. The van der Waals surface area contributed by atoms with Crippen LogP contribution in [0.2, 0.25) is 0 Å². The fourth-order valence-electron chi connectivity index (χ4n) is 4.66. The van der Waals surface area contributed by atoms with Gasteiger partial charge in [-0.2, -0.15) is 0 Å². The van der Waals surface area contributed by atoms with E-state index in [2.05, 4.69) is 5.10 Å². The van der Waals surface area contributed by atoms with Crippen LogP contribution in [0, 0.1) is 0 Å². The Bertz CT molecular complexity index is 1620. The Morgan fingerprint density at radius 1 is 0.718 bits per heavy atom. The molecule has 6 nitrogen and oxygen atoms in total. The monoisotopic (exact) mass is 515 g/mol. The number of aromatic nitrogens is 2. The molecule has 1 aromatic heterocycles. The predicted octanol–water partition coefficient (Wildman–Crippen LogP) is 6.23. The number of nitrogens with one attached hydrogen (secondary N) is 1. The lowest BCUT2D eigenvalue weighted by Gasteiger charge is -2.21. The molecule has 0 aliphatic heterocycles. The molecule has 0 saturated carbocycles. The highest BCUT2D eigenvalue weighted by atomic mass is 16.2. The predicted molar refractivity (Wildman–Crippen MR) is 154 cm³/mol. The van der Waals surface area contributed by atoms with Crippen molar-refractivity contribution in [3.8, 4) is 28.1 Å². The van der Waals surface area contributed by atoms with Gasteiger partial charge in [-0.15, -0.1) is 0 Å². The SMILES string of the molecule is CCCN(CC(=O)c1c(-c2ccccc2)[nH]n(-c2ccccc2)c1=O)C(=O)c1ccc(-c2ccccc2)cc1. The third-order valence-corrected chi connectivity index (χ3v) is 6.60. The van der Waals surface area contributed by atoms with E-state index in [1.165, 1.54) is 9.58 Å². The maximum absolute atomic E-state index is 13.7. The number of ketones is 1. The molecule has 0 fully saturated rings. The zero-order chi connectivity index (χ0) is 27.2. The zero-order valence-corrected chi connectivity index (χ0v) is 21.7. The van der Waals surface area contributed by atoms with Crippen molar-refractivity contribution in [2.45, 2.75) is 13.3 Å². The number of hydrogen-bond acceptors (Lipinski definition) is 3. The van der Waals surface area contributed by atoms with Crippen molar-refractivity contribution < 1.29 is 9.59 Å². The van der Waals surface area contributed by atoms with E-state index in [9.17, 15) is 14.4 Å². The van der Waals surface area contributed by atoms with E-state index >= 15 is 0 Å². The van der Waals surface area contributed by atoms with Gasteiger partial charge in [-0.05, 0) is 41.8 Å². The maximum Gasteiger partial charge on any atom is 0.282 e. The average molecular weight is 516 g/mol. The minimum absolute atomic E-state index is 0.0402. The number of carbonyl (C=O) groups is 2. The maximum atomic E-state index is 13.7. The van der Waals surface area contributed by atoms with Crippen molar-refractivity contribution >= 4 is 11.7 Å². The molecule has 0 bridgehead atoms. The fourth-order valence-corrected chi connectivity index (χ4v) is 4.66. The smallest absolute Gasteiger partial charge is 0.282 e. The van der Waals surface area contributed by atoms with E-state index in [0.29, 0.717) is 29.9 Å². The molecule has 4 aromatic carbocycles. The van der Waals surface area contributed by atoms with Gasteiger partial charge in [0.15, 0.2) is 5.78 Å². The lowest BCUT2D eigenvalue weighted by Crippen LogP contribution is -2.37. The molecule has 39 heavy (non-hydrogen) atoms. The highest BCUT2D eigenvalue weighted by molar-refractivity contribution is 6.05. The van der Waals surface area contributed by atoms with Crippen molar-refractivity contribution in [3.63, 3.8) is 0 Å². The van der Waals surface area contributed by atoms with Gasteiger partial charge in [0.25, 0.3) is 11.5 Å². The second-order valence-electron chi connectivity index (χ2n) is 9.30. The number of nitrogens with zero attached hydrogens (tertiary/aromatic N) is 2. The van der Waals surface area contributed by atoms with Gasteiger partial charge in [0.2, 0.25) is 0 Å². The summed E-state index contributed by atoms with van der Waals surface area (Å²) in [6.07, 6.45) is 0.675. The highest BCUT2D eigenvalue weighted by Crippen LogP contribution is 2.23.